The van der Waals surface area contributed by atoms with Gasteiger partial charge in [0.15, 0.2) is 0 Å². The van der Waals surface area contributed by atoms with Gasteiger partial charge in [0.25, 0.3) is 0 Å². The van der Waals surface area contributed by atoms with Gasteiger partial charge in [-0.1, -0.05) is 30.3 Å². The molecule has 1 aliphatic carbocycles. The Bertz CT molecular complexity index is 907. The Hall–Kier alpha value is -2.86. The molecular formula is C20H22N4O2. The van der Waals surface area contributed by atoms with Crippen LogP contribution in [0, 0.1) is 0 Å². The zero-order valence-corrected chi connectivity index (χ0v) is 14.7. The van der Waals surface area contributed by atoms with Crippen LogP contribution in [0.15, 0.2) is 54.7 Å². The number of aromatic nitrogens is 2. The van der Waals surface area contributed by atoms with Crippen molar-refractivity contribution in [3.05, 3.63) is 60.3 Å². The highest BCUT2D eigenvalue weighted by Crippen LogP contribution is 2.40. The first kappa shape index (κ1) is 16.6. The first-order valence-electron chi connectivity index (χ1n) is 8.81. The van der Waals surface area contributed by atoms with Crippen LogP contribution in [0.5, 0.6) is 0 Å². The van der Waals surface area contributed by atoms with E-state index >= 15 is 0 Å². The van der Waals surface area contributed by atoms with Gasteiger partial charge in [-0.05, 0) is 30.2 Å². The van der Waals surface area contributed by atoms with Gasteiger partial charge in [-0.15, -0.1) is 0 Å². The van der Waals surface area contributed by atoms with Crippen molar-refractivity contribution in [3.8, 4) is 0 Å². The number of amides is 2. The maximum absolute atomic E-state index is 12.3. The van der Waals surface area contributed by atoms with Crippen LogP contribution in [-0.4, -0.2) is 35.6 Å². The molecule has 0 bridgehead atoms. The summed E-state index contributed by atoms with van der Waals surface area (Å²) in [6.07, 6.45) is 2.81. The van der Waals surface area contributed by atoms with Gasteiger partial charge >= 0.3 is 6.03 Å². The highest BCUT2D eigenvalue weighted by Gasteiger charge is 2.39. The Kier molecular flexibility index (Phi) is 4.58. The summed E-state index contributed by atoms with van der Waals surface area (Å²) < 4.78 is 7.00. The molecule has 2 aromatic carbocycles. The van der Waals surface area contributed by atoms with Crippen LogP contribution in [0.2, 0.25) is 0 Å². The number of urea groups is 1. The molecule has 4 rings (SSSR count). The van der Waals surface area contributed by atoms with Crippen molar-refractivity contribution in [1.82, 2.24) is 15.1 Å². The van der Waals surface area contributed by atoms with E-state index in [0.29, 0.717) is 19.1 Å². The number of carbonyl (C=O) groups is 1. The van der Waals surface area contributed by atoms with Gasteiger partial charge in [-0.2, -0.15) is 5.10 Å². The predicted molar refractivity (Wildman–Crippen MR) is 101 cm³/mol. The number of hydrogen-bond acceptors (Lipinski definition) is 3. The number of carbonyl (C=O) groups excluding carboxylic acids is 1. The molecule has 134 valence electrons. The van der Waals surface area contributed by atoms with Gasteiger partial charge in [0.05, 0.1) is 24.9 Å². The van der Waals surface area contributed by atoms with E-state index in [0.717, 1.165) is 23.0 Å². The molecule has 0 radical (unpaired) electrons. The summed E-state index contributed by atoms with van der Waals surface area (Å²) in [5.74, 6) is 0.417. The van der Waals surface area contributed by atoms with Crippen LogP contribution < -0.4 is 10.6 Å². The molecule has 1 aromatic heterocycles. The lowest BCUT2D eigenvalue weighted by Gasteiger charge is -2.09. The number of hydrogen-bond donors (Lipinski definition) is 2. The van der Waals surface area contributed by atoms with E-state index in [1.165, 1.54) is 5.56 Å². The maximum Gasteiger partial charge on any atom is 0.319 e. The van der Waals surface area contributed by atoms with E-state index in [2.05, 4.69) is 27.9 Å². The van der Waals surface area contributed by atoms with Crippen molar-refractivity contribution in [2.45, 2.75) is 24.9 Å². The summed E-state index contributed by atoms with van der Waals surface area (Å²) in [5.41, 5.74) is 3.01. The maximum atomic E-state index is 12.3. The minimum absolute atomic E-state index is 0.171. The Morgan fingerprint density at radius 3 is 2.92 bits per heavy atom. The van der Waals surface area contributed by atoms with Crippen LogP contribution >= 0.6 is 0 Å². The normalized spacial score (nSPS) is 18.7. The Morgan fingerprint density at radius 2 is 2.12 bits per heavy atom. The summed E-state index contributed by atoms with van der Waals surface area (Å²) in [6.45, 7) is 1.27. The number of nitrogens with zero attached hydrogens (tertiary/aromatic N) is 2. The fraction of sp³-hybridized carbons (Fsp3) is 0.300. The fourth-order valence-corrected chi connectivity index (χ4v) is 3.26. The van der Waals surface area contributed by atoms with Gasteiger partial charge < -0.3 is 15.4 Å². The van der Waals surface area contributed by atoms with Gasteiger partial charge in [-0.25, -0.2) is 4.79 Å². The number of fused-ring (bicyclic) bond motifs is 1. The number of benzene rings is 2. The largest absolute Gasteiger partial charge is 0.383 e. The van der Waals surface area contributed by atoms with E-state index in [1.54, 1.807) is 7.11 Å². The molecule has 6 heteroatoms. The summed E-state index contributed by atoms with van der Waals surface area (Å²) >= 11 is 0. The molecule has 0 aliphatic heterocycles. The van der Waals surface area contributed by atoms with E-state index in [4.69, 9.17) is 4.74 Å². The molecule has 2 N–H and O–H groups in total. The molecule has 2 amide bonds. The van der Waals surface area contributed by atoms with Crippen molar-refractivity contribution in [1.29, 1.82) is 0 Å². The van der Waals surface area contributed by atoms with Crippen molar-refractivity contribution >= 4 is 22.6 Å². The smallest absolute Gasteiger partial charge is 0.319 e. The molecule has 26 heavy (non-hydrogen) atoms. The number of methoxy groups -OCH3 is 1. The lowest BCUT2D eigenvalue weighted by Crippen LogP contribution is -2.31. The minimum atomic E-state index is -0.171. The first-order valence-corrected chi connectivity index (χ1v) is 8.81. The number of ether oxygens (including phenoxy) is 1. The average molecular weight is 350 g/mol. The lowest BCUT2D eigenvalue weighted by atomic mass is 10.1. The lowest BCUT2D eigenvalue weighted by molar-refractivity contribution is 0.185. The second kappa shape index (κ2) is 7.17. The third-order valence-corrected chi connectivity index (χ3v) is 4.74. The van der Waals surface area contributed by atoms with Crippen LogP contribution in [-0.2, 0) is 11.3 Å². The van der Waals surface area contributed by atoms with Crippen LogP contribution in [0.25, 0.3) is 10.9 Å². The molecule has 0 saturated heterocycles. The minimum Gasteiger partial charge on any atom is -0.383 e. The van der Waals surface area contributed by atoms with Gasteiger partial charge in [0.1, 0.15) is 0 Å². The molecule has 1 aliphatic rings. The highest BCUT2D eigenvalue weighted by molar-refractivity contribution is 5.92. The van der Waals surface area contributed by atoms with Gasteiger partial charge in [0.2, 0.25) is 0 Å². The zero-order chi connectivity index (χ0) is 17.9. The molecule has 0 spiro atoms. The first-order chi connectivity index (χ1) is 12.7. The van der Waals surface area contributed by atoms with Crippen molar-refractivity contribution < 1.29 is 9.53 Å². The van der Waals surface area contributed by atoms with Crippen LogP contribution in [0.3, 0.4) is 0 Å². The standard InChI is InChI=1S/C20H22N4O2/c1-26-10-9-24-19-11-16(8-7-15(19)13-21-24)22-20(25)23-18-12-17(18)14-5-3-2-4-6-14/h2-8,11,13,17-18H,9-10,12H2,1H3,(H2,22,23,25)/t17-,18+/m0/s1. The van der Waals surface area contributed by atoms with E-state index in [1.807, 2.05) is 47.3 Å². The monoisotopic (exact) mass is 350 g/mol. The zero-order valence-electron chi connectivity index (χ0n) is 14.7. The average Bonchev–Trinajstić information content (AvgIpc) is 3.31. The van der Waals surface area contributed by atoms with E-state index < -0.39 is 0 Å². The van der Waals surface area contributed by atoms with Crippen molar-refractivity contribution in [3.63, 3.8) is 0 Å². The fourth-order valence-electron chi connectivity index (χ4n) is 3.26. The van der Waals surface area contributed by atoms with Crippen molar-refractivity contribution in [2.24, 2.45) is 0 Å². The molecule has 1 heterocycles. The second-order valence-corrected chi connectivity index (χ2v) is 6.59. The molecule has 0 unspecified atom stereocenters. The van der Waals surface area contributed by atoms with Gasteiger partial charge in [-0.3, -0.25) is 4.68 Å². The molecule has 6 nitrogen and oxygen atoms in total. The molecular weight excluding hydrogens is 328 g/mol. The SMILES string of the molecule is COCCn1ncc2ccc(NC(=O)N[C@@H]3C[C@H]3c3ccccc3)cc21. The van der Waals surface area contributed by atoms with E-state index in [-0.39, 0.29) is 12.1 Å². The van der Waals surface area contributed by atoms with Crippen LogP contribution in [0.4, 0.5) is 10.5 Å². The van der Waals surface area contributed by atoms with Crippen molar-refractivity contribution in [2.75, 3.05) is 19.0 Å². The summed E-state index contributed by atoms with van der Waals surface area (Å²) in [7, 11) is 1.67. The number of nitrogens with one attached hydrogen (secondary N) is 2. The Balaban J connectivity index is 1.38. The quantitative estimate of drug-likeness (QED) is 0.716. The summed E-state index contributed by atoms with van der Waals surface area (Å²) in [6, 6.07) is 16.1. The molecule has 1 saturated carbocycles. The number of anilines is 1. The molecule has 1 fully saturated rings. The topological polar surface area (TPSA) is 68.2 Å². The second-order valence-electron chi connectivity index (χ2n) is 6.59. The van der Waals surface area contributed by atoms with Gasteiger partial charge in [0, 0.05) is 30.1 Å². The van der Waals surface area contributed by atoms with E-state index in [9.17, 15) is 4.79 Å². The highest BCUT2D eigenvalue weighted by atomic mass is 16.5. The molecule has 3 aromatic rings. The third kappa shape index (κ3) is 3.55. The summed E-state index contributed by atoms with van der Waals surface area (Å²) in [5, 5.41) is 11.4. The third-order valence-electron chi connectivity index (χ3n) is 4.74. The summed E-state index contributed by atoms with van der Waals surface area (Å²) in [4.78, 5) is 12.3. The van der Waals surface area contributed by atoms with Crippen LogP contribution in [0.1, 0.15) is 17.9 Å². The number of rotatable bonds is 6. The predicted octanol–water partition coefficient (Wildman–Crippen LogP) is 3.36. The molecule has 2 atom stereocenters. The Labute approximate surface area is 152 Å². The Morgan fingerprint density at radius 1 is 1.27 bits per heavy atom.